The average Bonchev–Trinajstić information content (AvgIpc) is 2.27. The number of ether oxygens (including phenoxy) is 1. The lowest BCUT2D eigenvalue weighted by molar-refractivity contribution is -0.143. The van der Waals surface area contributed by atoms with Crippen molar-refractivity contribution in [1.29, 1.82) is 0 Å². The highest BCUT2D eigenvalue weighted by Crippen LogP contribution is 2.00. The third-order valence-electron chi connectivity index (χ3n) is 2.54. The summed E-state index contributed by atoms with van der Waals surface area (Å²) >= 11 is 0. The van der Waals surface area contributed by atoms with Crippen molar-refractivity contribution in [1.82, 2.24) is 10.2 Å². The number of esters is 1. The van der Waals surface area contributed by atoms with Crippen molar-refractivity contribution < 1.29 is 9.53 Å². The van der Waals surface area contributed by atoms with E-state index in [-0.39, 0.29) is 18.1 Å². The van der Waals surface area contributed by atoms with Crippen LogP contribution >= 0.6 is 0 Å². The molecule has 0 heterocycles. The molecule has 0 saturated carbocycles. The number of methoxy groups -OCH3 is 1. The molecule has 0 spiro atoms. The predicted molar refractivity (Wildman–Crippen MR) is 71.1 cm³/mol. The van der Waals surface area contributed by atoms with Crippen LogP contribution in [-0.4, -0.2) is 49.7 Å². The van der Waals surface area contributed by atoms with Gasteiger partial charge < -0.3 is 15.0 Å². The molecule has 102 valence electrons. The summed E-state index contributed by atoms with van der Waals surface area (Å²) in [6.45, 7) is 11.2. The Morgan fingerprint density at radius 2 is 1.76 bits per heavy atom. The van der Waals surface area contributed by atoms with Gasteiger partial charge in [-0.3, -0.25) is 4.79 Å². The number of nitrogens with one attached hydrogen (secondary N) is 1. The summed E-state index contributed by atoms with van der Waals surface area (Å²) in [5.41, 5.74) is 0. The molecule has 0 aromatic carbocycles. The molecule has 17 heavy (non-hydrogen) atoms. The molecule has 0 fully saturated rings. The third kappa shape index (κ3) is 7.34. The summed E-state index contributed by atoms with van der Waals surface area (Å²) < 4.78 is 4.84. The molecule has 0 saturated heterocycles. The first-order chi connectivity index (χ1) is 8.04. The average molecular weight is 244 g/mol. The molecule has 4 nitrogen and oxygen atoms in total. The van der Waals surface area contributed by atoms with E-state index in [1.165, 1.54) is 7.11 Å². The Kier molecular flexibility index (Phi) is 9.09. The fraction of sp³-hybridized carbons (Fsp3) is 0.923. The first-order valence-electron chi connectivity index (χ1n) is 6.61. The van der Waals surface area contributed by atoms with E-state index in [0.717, 1.165) is 32.5 Å². The molecule has 0 amide bonds. The highest BCUT2D eigenvalue weighted by Gasteiger charge is 2.22. The van der Waals surface area contributed by atoms with Gasteiger partial charge in [-0.15, -0.1) is 0 Å². The van der Waals surface area contributed by atoms with E-state index in [1.54, 1.807) is 0 Å². The maximum atomic E-state index is 11.7. The van der Waals surface area contributed by atoms with Gasteiger partial charge in [0.1, 0.15) is 6.04 Å². The smallest absolute Gasteiger partial charge is 0.324 e. The summed E-state index contributed by atoms with van der Waals surface area (Å²) in [4.78, 5) is 14.0. The minimum atomic E-state index is -0.224. The van der Waals surface area contributed by atoms with Crippen molar-refractivity contribution in [3.8, 4) is 0 Å². The van der Waals surface area contributed by atoms with Gasteiger partial charge in [0.25, 0.3) is 0 Å². The molecule has 1 N–H and O–H groups in total. The fourth-order valence-electron chi connectivity index (χ4n) is 1.92. The van der Waals surface area contributed by atoms with Gasteiger partial charge in [0.2, 0.25) is 0 Å². The van der Waals surface area contributed by atoms with Crippen molar-refractivity contribution in [2.75, 3.05) is 26.7 Å². The predicted octanol–water partition coefficient (Wildman–Crippen LogP) is 1.65. The Morgan fingerprint density at radius 1 is 1.24 bits per heavy atom. The summed E-state index contributed by atoms with van der Waals surface area (Å²) in [5, 5.41) is 3.26. The second-order valence-electron chi connectivity index (χ2n) is 4.70. The highest BCUT2D eigenvalue weighted by atomic mass is 16.5. The van der Waals surface area contributed by atoms with E-state index >= 15 is 0 Å². The maximum absolute atomic E-state index is 11.7. The molecule has 0 aliphatic rings. The Bertz CT molecular complexity index is 202. The Hall–Kier alpha value is -0.610. The maximum Gasteiger partial charge on any atom is 0.324 e. The number of rotatable bonds is 9. The van der Waals surface area contributed by atoms with Gasteiger partial charge in [-0.25, -0.2) is 0 Å². The van der Waals surface area contributed by atoms with Crippen LogP contribution in [0.15, 0.2) is 0 Å². The van der Waals surface area contributed by atoms with Gasteiger partial charge in [0.05, 0.1) is 7.11 Å². The summed E-state index contributed by atoms with van der Waals surface area (Å²) in [5.74, 6) is -0.170. The van der Waals surface area contributed by atoms with E-state index in [4.69, 9.17) is 4.74 Å². The molecule has 0 rings (SSSR count). The third-order valence-corrected chi connectivity index (χ3v) is 2.54. The lowest BCUT2D eigenvalue weighted by atomic mass is 10.2. The Labute approximate surface area is 106 Å². The molecule has 0 aliphatic heterocycles. The van der Waals surface area contributed by atoms with Gasteiger partial charge in [-0.05, 0) is 25.9 Å². The molecular formula is C13H28N2O2. The van der Waals surface area contributed by atoms with Crippen molar-refractivity contribution in [3.63, 3.8) is 0 Å². The van der Waals surface area contributed by atoms with E-state index in [1.807, 2.05) is 13.8 Å². The van der Waals surface area contributed by atoms with Crippen LogP contribution in [0.2, 0.25) is 0 Å². The summed E-state index contributed by atoms with van der Waals surface area (Å²) in [6, 6.07) is 0.0577. The zero-order chi connectivity index (χ0) is 13.3. The number of hydrogen-bond donors (Lipinski definition) is 1. The lowest BCUT2D eigenvalue weighted by Gasteiger charge is -2.27. The Balaban J connectivity index is 4.40. The number of hydrogen-bond acceptors (Lipinski definition) is 4. The highest BCUT2D eigenvalue weighted by molar-refractivity contribution is 5.75. The van der Waals surface area contributed by atoms with Crippen LogP contribution in [0.25, 0.3) is 0 Å². The summed E-state index contributed by atoms with van der Waals surface area (Å²) in [7, 11) is 1.45. The van der Waals surface area contributed by atoms with Crippen molar-refractivity contribution in [3.05, 3.63) is 0 Å². The minimum Gasteiger partial charge on any atom is -0.468 e. The van der Waals surface area contributed by atoms with Gasteiger partial charge in [-0.2, -0.15) is 0 Å². The molecule has 0 aromatic rings. The van der Waals surface area contributed by atoms with E-state index in [0.29, 0.717) is 0 Å². The van der Waals surface area contributed by atoms with Crippen molar-refractivity contribution in [2.45, 2.75) is 52.6 Å². The Morgan fingerprint density at radius 3 is 2.12 bits per heavy atom. The standard InChI is InChI=1S/C13H28N2O2/c1-6-8-15(9-7-2)10-12(13(16)17-5)14-11(3)4/h11-12,14H,6-10H2,1-5H3. The van der Waals surface area contributed by atoms with Gasteiger partial charge in [0, 0.05) is 12.6 Å². The van der Waals surface area contributed by atoms with E-state index in [2.05, 4.69) is 24.1 Å². The minimum absolute atomic E-state index is 0.170. The van der Waals surface area contributed by atoms with Crippen LogP contribution < -0.4 is 5.32 Å². The molecule has 0 aromatic heterocycles. The first kappa shape index (κ1) is 16.4. The number of carbonyl (C=O) groups is 1. The van der Waals surface area contributed by atoms with Crippen LogP contribution in [0.4, 0.5) is 0 Å². The second kappa shape index (κ2) is 9.42. The van der Waals surface area contributed by atoms with Crippen LogP contribution in [0.3, 0.4) is 0 Å². The quantitative estimate of drug-likeness (QED) is 0.626. The largest absolute Gasteiger partial charge is 0.468 e. The molecular weight excluding hydrogens is 216 g/mol. The SMILES string of the molecule is CCCN(CCC)CC(NC(C)C)C(=O)OC. The summed E-state index contributed by atoms with van der Waals surface area (Å²) in [6.07, 6.45) is 2.21. The van der Waals surface area contributed by atoms with Gasteiger partial charge in [-0.1, -0.05) is 27.7 Å². The number of carbonyl (C=O) groups excluding carboxylic acids is 1. The van der Waals surface area contributed by atoms with E-state index < -0.39 is 0 Å². The zero-order valence-electron chi connectivity index (χ0n) is 12.0. The molecule has 4 heteroatoms. The monoisotopic (exact) mass is 244 g/mol. The van der Waals surface area contributed by atoms with E-state index in [9.17, 15) is 4.79 Å². The second-order valence-corrected chi connectivity index (χ2v) is 4.70. The number of nitrogens with zero attached hydrogens (tertiary/aromatic N) is 1. The van der Waals surface area contributed by atoms with Crippen molar-refractivity contribution >= 4 is 5.97 Å². The molecule has 0 aliphatic carbocycles. The molecule has 1 unspecified atom stereocenters. The first-order valence-corrected chi connectivity index (χ1v) is 6.61. The van der Waals surface area contributed by atoms with Crippen LogP contribution in [0.5, 0.6) is 0 Å². The zero-order valence-corrected chi connectivity index (χ0v) is 12.0. The van der Waals surface area contributed by atoms with Crippen LogP contribution in [-0.2, 0) is 9.53 Å². The van der Waals surface area contributed by atoms with Crippen molar-refractivity contribution in [2.24, 2.45) is 0 Å². The van der Waals surface area contributed by atoms with Crippen LogP contribution in [0, 0.1) is 0 Å². The lowest BCUT2D eigenvalue weighted by Crippen LogP contribution is -2.49. The fourth-order valence-corrected chi connectivity index (χ4v) is 1.92. The molecule has 0 radical (unpaired) electrons. The van der Waals surface area contributed by atoms with Gasteiger partial charge in [0.15, 0.2) is 0 Å². The normalized spacial score (nSPS) is 13.1. The van der Waals surface area contributed by atoms with Gasteiger partial charge >= 0.3 is 5.97 Å². The molecule has 1 atom stereocenters. The topological polar surface area (TPSA) is 41.6 Å². The van der Waals surface area contributed by atoms with Crippen LogP contribution in [0.1, 0.15) is 40.5 Å². The molecule has 0 bridgehead atoms.